The lowest BCUT2D eigenvalue weighted by Crippen LogP contribution is -2.22. The fraction of sp³-hybridized carbons (Fsp3) is 0.368. The van der Waals surface area contributed by atoms with Crippen molar-refractivity contribution in [2.45, 2.75) is 44.3 Å². The summed E-state index contributed by atoms with van der Waals surface area (Å²) in [7, 11) is 0.360. The van der Waals surface area contributed by atoms with E-state index in [4.69, 9.17) is 4.74 Å². The minimum atomic E-state index is -1.23. The van der Waals surface area contributed by atoms with Crippen LogP contribution in [0.15, 0.2) is 29.3 Å². The van der Waals surface area contributed by atoms with Crippen LogP contribution in [0.5, 0.6) is 5.75 Å². The van der Waals surface area contributed by atoms with E-state index in [0.717, 1.165) is 33.7 Å². The predicted molar refractivity (Wildman–Crippen MR) is 106 cm³/mol. The van der Waals surface area contributed by atoms with Crippen molar-refractivity contribution in [3.8, 4) is 5.75 Å². The second-order valence-electron chi connectivity index (χ2n) is 7.21. The van der Waals surface area contributed by atoms with Crippen LogP contribution in [-0.4, -0.2) is 31.2 Å². The van der Waals surface area contributed by atoms with Crippen LogP contribution in [0.1, 0.15) is 32.0 Å². The maximum Gasteiger partial charge on any atom is 0.155 e. The van der Waals surface area contributed by atoms with Crippen LogP contribution in [0.3, 0.4) is 0 Å². The number of fused-ring (bicyclic) bond motifs is 1. The van der Waals surface area contributed by atoms with E-state index in [9.17, 15) is 4.21 Å². The zero-order chi connectivity index (χ0) is 19.1. The summed E-state index contributed by atoms with van der Waals surface area (Å²) >= 11 is 0. The van der Waals surface area contributed by atoms with Crippen LogP contribution in [0.4, 0.5) is 11.5 Å². The van der Waals surface area contributed by atoms with E-state index in [0.29, 0.717) is 10.6 Å². The van der Waals surface area contributed by atoms with Gasteiger partial charge in [0.2, 0.25) is 0 Å². The molecule has 2 aromatic heterocycles. The third kappa shape index (κ3) is 3.31. The first-order chi connectivity index (χ1) is 12.2. The van der Waals surface area contributed by atoms with Gasteiger partial charge < -0.3 is 10.1 Å². The summed E-state index contributed by atoms with van der Waals surface area (Å²) in [6.45, 7) is 9.84. The zero-order valence-electron chi connectivity index (χ0n) is 15.9. The molecular formula is C19H24N4O2S. The first-order valence-corrected chi connectivity index (χ1v) is 9.54. The van der Waals surface area contributed by atoms with Gasteiger partial charge in [0, 0.05) is 33.7 Å². The van der Waals surface area contributed by atoms with E-state index >= 15 is 0 Å². The summed E-state index contributed by atoms with van der Waals surface area (Å²) in [4.78, 5) is 5.10. The maximum absolute atomic E-state index is 13.0. The molecule has 0 spiro atoms. The largest absolute Gasteiger partial charge is 0.495 e. The standard InChI is InChI=1S/C19H24N4O2S/c1-11-12(2)22-23-18(11)21-14-7-8-20-15-10-16(25-6)17(9-13(14)15)26(24)19(3,4)5/h7-10H,1-6H3,(H2,20,21,22,23)/t26-/m1/s1. The lowest BCUT2D eigenvalue weighted by molar-refractivity contribution is 0.404. The molecule has 0 unspecified atom stereocenters. The van der Waals surface area contributed by atoms with Crippen LogP contribution in [0, 0.1) is 13.8 Å². The van der Waals surface area contributed by atoms with Crippen molar-refractivity contribution < 1.29 is 8.95 Å². The molecular weight excluding hydrogens is 348 g/mol. The molecule has 0 aliphatic heterocycles. The van der Waals surface area contributed by atoms with Gasteiger partial charge in [-0.2, -0.15) is 5.10 Å². The number of nitrogens with one attached hydrogen (secondary N) is 2. The van der Waals surface area contributed by atoms with E-state index in [1.165, 1.54) is 0 Å². The summed E-state index contributed by atoms with van der Waals surface area (Å²) in [5, 5.41) is 11.5. The smallest absolute Gasteiger partial charge is 0.155 e. The second-order valence-corrected chi connectivity index (χ2v) is 9.41. The molecule has 6 nitrogen and oxygen atoms in total. The van der Waals surface area contributed by atoms with Gasteiger partial charge in [-0.15, -0.1) is 0 Å². The highest BCUT2D eigenvalue weighted by atomic mass is 32.2. The van der Waals surface area contributed by atoms with Gasteiger partial charge in [0.25, 0.3) is 0 Å². The zero-order valence-corrected chi connectivity index (χ0v) is 16.7. The Morgan fingerprint density at radius 2 is 1.96 bits per heavy atom. The average molecular weight is 372 g/mol. The van der Waals surface area contributed by atoms with Gasteiger partial charge in [0.05, 0.1) is 34.0 Å². The Bertz CT molecular complexity index is 989. The van der Waals surface area contributed by atoms with Gasteiger partial charge in [-0.1, -0.05) is 0 Å². The first kappa shape index (κ1) is 18.4. The molecule has 1 atom stereocenters. The van der Waals surface area contributed by atoms with E-state index in [1.54, 1.807) is 13.3 Å². The Morgan fingerprint density at radius 1 is 1.23 bits per heavy atom. The second kappa shape index (κ2) is 6.72. The molecule has 0 saturated carbocycles. The number of H-pyrrole nitrogens is 1. The number of aryl methyl sites for hydroxylation is 1. The first-order valence-electron chi connectivity index (χ1n) is 8.39. The number of hydrogen-bond donors (Lipinski definition) is 2. The minimum Gasteiger partial charge on any atom is -0.495 e. The van der Waals surface area contributed by atoms with Crippen molar-refractivity contribution in [1.82, 2.24) is 15.2 Å². The number of rotatable bonds is 4. The Balaban J connectivity index is 2.16. The van der Waals surface area contributed by atoms with Crippen molar-refractivity contribution >= 4 is 33.2 Å². The summed E-state index contributed by atoms with van der Waals surface area (Å²) in [6, 6.07) is 5.63. The molecule has 0 amide bonds. The third-order valence-corrected chi connectivity index (χ3v) is 6.12. The highest BCUT2D eigenvalue weighted by Gasteiger charge is 2.25. The van der Waals surface area contributed by atoms with Crippen molar-refractivity contribution in [1.29, 1.82) is 0 Å². The van der Waals surface area contributed by atoms with Crippen molar-refractivity contribution in [2.24, 2.45) is 0 Å². The third-order valence-electron chi connectivity index (χ3n) is 4.29. The molecule has 26 heavy (non-hydrogen) atoms. The molecule has 138 valence electrons. The monoisotopic (exact) mass is 372 g/mol. The number of methoxy groups -OCH3 is 1. The quantitative estimate of drug-likeness (QED) is 0.716. The molecule has 3 aromatic rings. The summed E-state index contributed by atoms with van der Waals surface area (Å²) in [5.41, 5.74) is 3.70. The van der Waals surface area contributed by atoms with E-state index < -0.39 is 15.5 Å². The topological polar surface area (TPSA) is 79.9 Å². The van der Waals surface area contributed by atoms with Gasteiger partial charge in [-0.3, -0.25) is 14.3 Å². The molecule has 7 heteroatoms. The number of pyridine rings is 1. The van der Waals surface area contributed by atoms with Crippen molar-refractivity contribution in [3.63, 3.8) is 0 Å². The molecule has 2 N–H and O–H groups in total. The number of ether oxygens (including phenoxy) is 1. The molecule has 0 aliphatic carbocycles. The fourth-order valence-corrected chi connectivity index (χ4v) is 3.84. The average Bonchev–Trinajstić information content (AvgIpc) is 2.91. The number of aromatic nitrogens is 3. The highest BCUT2D eigenvalue weighted by molar-refractivity contribution is 7.86. The Kier molecular flexibility index (Phi) is 4.75. The van der Waals surface area contributed by atoms with Crippen molar-refractivity contribution in [3.05, 3.63) is 35.7 Å². The van der Waals surface area contributed by atoms with Crippen LogP contribution in [0.25, 0.3) is 10.9 Å². The molecule has 3 rings (SSSR count). The Hall–Kier alpha value is -2.41. The molecule has 0 aliphatic rings. The van der Waals surface area contributed by atoms with Crippen LogP contribution in [-0.2, 0) is 10.8 Å². The van der Waals surface area contributed by atoms with Gasteiger partial charge in [0.15, 0.2) is 5.82 Å². The lowest BCUT2D eigenvalue weighted by atomic mass is 10.1. The molecule has 1 aromatic carbocycles. The van der Waals surface area contributed by atoms with Gasteiger partial charge in [0.1, 0.15) is 5.75 Å². The lowest BCUT2D eigenvalue weighted by Gasteiger charge is -2.20. The van der Waals surface area contributed by atoms with E-state index in [2.05, 4.69) is 20.5 Å². The number of aromatic amines is 1. The van der Waals surface area contributed by atoms with E-state index in [1.807, 2.05) is 52.8 Å². The number of hydrogen-bond acceptors (Lipinski definition) is 5. The molecule has 0 fully saturated rings. The molecule has 0 saturated heterocycles. The SMILES string of the molecule is COc1cc2nccc(Nc3n[nH]c(C)c3C)c2cc1[S@@](=O)C(C)(C)C. The number of anilines is 2. The summed E-state index contributed by atoms with van der Waals surface area (Å²) in [5.74, 6) is 1.35. The van der Waals surface area contributed by atoms with Crippen LogP contribution >= 0.6 is 0 Å². The van der Waals surface area contributed by atoms with E-state index in [-0.39, 0.29) is 0 Å². The molecule has 2 heterocycles. The minimum absolute atomic E-state index is 0.396. The molecule has 0 bridgehead atoms. The number of nitrogens with zero attached hydrogens (tertiary/aromatic N) is 2. The summed E-state index contributed by atoms with van der Waals surface area (Å²) < 4.78 is 18.1. The van der Waals surface area contributed by atoms with Gasteiger partial charge >= 0.3 is 0 Å². The van der Waals surface area contributed by atoms with Crippen LogP contribution in [0.2, 0.25) is 0 Å². The van der Waals surface area contributed by atoms with Gasteiger partial charge in [-0.05, 0) is 46.8 Å². The predicted octanol–water partition coefficient (Wildman–Crippen LogP) is 4.23. The number of benzene rings is 1. The fourth-order valence-electron chi connectivity index (χ4n) is 2.63. The van der Waals surface area contributed by atoms with Crippen LogP contribution < -0.4 is 10.1 Å². The van der Waals surface area contributed by atoms with Gasteiger partial charge in [-0.25, -0.2) is 0 Å². The van der Waals surface area contributed by atoms with Crippen molar-refractivity contribution in [2.75, 3.05) is 12.4 Å². The Morgan fingerprint density at radius 3 is 2.54 bits per heavy atom. The Labute approximate surface area is 155 Å². The maximum atomic E-state index is 13.0. The molecule has 0 radical (unpaired) electrons. The normalized spacial score (nSPS) is 13.0. The summed E-state index contributed by atoms with van der Waals surface area (Å²) in [6.07, 6.45) is 1.74. The highest BCUT2D eigenvalue weighted by Crippen LogP contribution is 2.35.